The van der Waals surface area contributed by atoms with Gasteiger partial charge >= 0.3 is 0 Å². The van der Waals surface area contributed by atoms with E-state index in [-0.39, 0.29) is 0 Å². The van der Waals surface area contributed by atoms with Crippen LogP contribution in [0, 0.1) is 13.8 Å². The summed E-state index contributed by atoms with van der Waals surface area (Å²) in [6, 6.07) is 27.1. The van der Waals surface area contributed by atoms with Crippen molar-refractivity contribution >= 4 is 21.8 Å². The van der Waals surface area contributed by atoms with Crippen molar-refractivity contribution < 1.29 is 14.6 Å². The van der Waals surface area contributed by atoms with Gasteiger partial charge in [0.2, 0.25) is 0 Å². The molecule has 0 saturated heterocycles. The van der Waals surface area contributed by atoms with Crippen molar-refractivity contribution in [1.82, 2.24) is 19.2 Å². The van der Waals surface area contributed by atoms with E-state index in [9.17, 15) is 5.11 Å². The summed E-state index contributed by atoms with van der Waals surface area (Å²) in [5.74, 6) is 0.843. The first-order chi connectivity index (χ1) is 19.0. The quantitative estimate of drug-likeness (QED) is 0.229. The fraction of sp³-hybridized carbons (Fsp3) is 0.344. The third-order valence-electron chi connectivity index (χ3n) is 7.16. The number of aryl methyl sites for hydroxylation is 2. The summed E-state index contributed by atoms with van der Waals surface area (Å²) in [4.78, 5) is 2.25. The van der Waals surface area contributed by atoms with Gasteiger partial charge in [0.15, 0.2) is 0 Å². The molecule has 0 bridgehead atoms. The van der Waals surface area contributed by atoms with Crippen molar-refractivity contribution in [1.29, 1.82) is 0 Å². The first kappa shape index (κ1) is 26.9. The van der Waals surface area contributed by atoms with E-state index in [1.807, 2.05) is 23.7 Å². The number of nitrogens with zero attached hydrogens (tertiary/aromatic N) is 4. The first-order valence-electron chi connectivity index (χ1n) is 13.6. The highest BCUT2D eigenvalue weighted by atomic mass is 16.5. The van der Waals surface area contributed by atoms with E-state index in [1.54, 1.807) is 7.11 Å². The van der Waals surface area contributed by atoms with Crippen LogP contribution in [-0.4, -0.2) is 63.9 Å². The SMILES string of the molecule is COCCN(Cc1ccc(OCCn2nc(C)cc2C)cc1)CC(O)Cn1c2ccccc2c2ccccc21. The zero-order valence-electron chi connectivity index (χ0n) is 23.1. The number of aliphatic hydroxyl groups is 1. The highest BCUT2D eigenvalue weighted by Gasteiger charge is 2.17. The molecule has 2 aromatic heterocycles. The molecule has 7 nitrogen and oxygen atoms in total. The molecule has 0 saturated carbocycles. The molecule has 0 spiro atoms. The molecule has 5 rings (SSSR count). The van der Waals surface area contributed by atoms with Crippen molar-refractivity contribution in [3.8, 4) is 5.75 Å². The molecule has 0 fully saturated rings. The number of ether oxygens (including phenoxy) is 2. The van der Waals surface area contributed by atoms with Crippen LogP contribution < -0.4 is 4.74 Å². The second-order valence-corrected chi connectivity index (χ2v) is 10.2. The normalized spacial score (nSPS) is 12.5. The van der Waals surface area contributed by atoms with Crippen LogP contribution in [-0.2, 0) is 24.4 Å². The number of benzene rings is 3. The lowest BCUT2D eigenvalue weighted by Gasteiger charge is -2.25. The minimum Gasteiger partial charge on any atom is -0.492 e. The van der Waals surface area contributed by atoms with Crippen LogP contribution in [0.5, 0.6) is 5.75 Å². The maximum atomic E-state index is 11.2. The zero-order chi connectivity index (χ0) is 27.2. The Kier molecular flexibility index (Phi) is 8.61. The predicted molar refractivity (Wildman–Crippen MR) is 156 cm³/mol. The average molecular weight is 527 g/mol. The summed E-state index contributed by atoms with van der Waals surface area (Å²) >= 11 is 0. The van der Waals surface area contributed by atoms with E-state index in [1.165, 1.54) is 16.3 Å². The zero-order valence-corrected chi connectivity index (χ0v) is 23.1. The summed E-state index contributed by atoms with van der Waals surface area (Å²) in [6.45, 7) is 8.49. The lowest BCUT2D eigenvalue weighted by atomic mass is 10.2. The van der Waals surface area contributed by atoms with E-state index in [0.29, 0.717) is 26.3 Å². The number of methoxy groups -OCH3 is 1. The number of hydrogen-bond donors (Lipinski definition) is 1. The number of fused-ring (bicyclic) bond motifs is 3. The molecule has 39 heavy (non-hydrogen) atoms. The fourth-order valence-electron chi connectivity index (χ4n) is 5.32. The molecule has 0 aliphatic carbocycles. The molecule has 7 heteroatoms. The Balaban J connectivity index is 1.21. The summed E-state index contributed by atoms with van der Waals surface area (Å²) in [6.07, 6.45) is -0.530. The minimum atomic E-state index is -0.530. The van der Waals surface area contributed by atoms with E-state index in [2.05, 4.69) is 88.2 Å². The third-order valence-corrected chi connectivity index (χ3v) is 7.16. The molecule has 204 valence electrons. The van der Waals surface area contributed by atoms with Gasteiger partial charge in [-0.3, -0.25) is 9.58 Å². The highest BCUT2D eigenvalue weighted by molar-refractivity contribution is 6.07. The molecule has 1 N–H and O–H groups in total. The highest BCUT2D eigenvalue weighted by Crippen LogP contribution is 2.29. The van der Waals surface area contributed by atoms with Gasteiger partial charge in [0.05, 0.1) is 31.5 Å². The average Bonchev–Trinajstić information content (AvgIpc) is 3.43. The molecule has 1 atom stereocenters. The third kappa shape index (κ3) is 6.50. The van der Waals surface area contributed by atoms with Crippen molar-refractivity contribution in [2.75, 3.05) is 33.4 Å². The van der Waals surface area contributed by atoms with Crippen LogP contribution in [0.25, 0.3) is 21.8 Å². The monoisotopic (exact) mass is 526 g/mol. The Bertz CT molecular complexity index is 1450. The van der Waals surface area contributed by atoms with E-state index < -0.39 is 6.10 Å². The maximum Gasteiger partial charge on any atom is 0.119 e. The van der Waals surface area contributed by atoms with E-state index in [4.69, 9.17) is 9.47 Å². The Morgan fingerprint density at radius 2 is 1.56 bits per heavy atom. The van der Waals surface area contributed by atoms with Crippen molar-refractivity contribution in [2.45, 2.75) is 39.6 Å². The smallest absolute Gasteiger partial charge is 0.119 e. The summed E-state index contributed by atoms with van der Waals surface area (Å²) in [5.41, 5.74) is 5.63. The summed E-state index contributed by atoms with van der Waals surface area (Å²) in [7, 11) is 1.71. The molecule has 0 amide bonds. The second-order valence-electron chi connectivity index (χ2n) is 10.2. The molecule has 0 radical (unpaired) electrons. The molecule has 0 aliphatic rings. The Morgan fingerprint density at radius 3 is 2.18 bits per heavy atom. The minimum absolute atomic E-state index is 0.527. The molecular weight excluding hydrogens is 488 g/mol. The van der Waals surface area contributed by atoms with Gasteiger partial charge in [-0.15, -0.1) is 0 Å². The molecule has 5 aromatic rings. The van der Waals surface area contributed by atoms with Crippen molar-refractivity contribution in [3.63, 3.8) is 0 Å². The number of aliphatic hydroxyl groups excluding tert-OH is 1. The predicted octanol–water partition coefficient (Wildman–Crippen LogP) is 5.20. The number of aromatic nitrogens is 3. The van der Waals surface area contributed by atoms with Gasteiger partial charge in [0.1, 0.15) is 12.4 Å². The van der Waals surface area contributed by atoms with E-state index in [0.717, 1.165) is 47.8 Å². The lowest BCUT2D eigenvalue weighted by Crippen LogP contribution is -2.36. The van der Waals surface area contributed by atoms with Crippen LogP contribution in [0.3, 0.4) is 0 Å². The number of rotatable bonds is 13. The number of hydrogen-bond acceptors (Lipinski definition) is 5. The van der Waals surface area contributed by atoms with Crippen LogP contribution in [0.2, 0.25) is 0 Å². The van der Waals surface area contributed by atoms with E-state index >= 15 is 0 Å². The molecule has 1 unspecified atom stereocenters. The van der Waals surface area contributed by atoms with Gasteiger partial charge < -0.3 is 19.1 Å². The van der Waals surface area contributed by atoms with Crippen molar-refractivity contribution in [3.05, 3.63) is 95.8 Å². The van der Waals surface area contributed by atoms with Gasteiger partial charge in [-0.05, 0) is 49.7 Å². The fourth-order valence-corrected chi connectivity index (χ4v) is 5.32. The van der Waals surface area contributed by atoms with Gasteiger partial charge in [-0.25, -0.2) is 0 Å². The largest absolute Gasteiger partial charge is 0.492 e. The summed E-state index contributed by atoms with van der Waals surface area (Å²) in [5, 5.41) is 18.1. The molecule has 3 aromatic carbocycles. The maximum absolute atomic E-state index is 11.2. The van der Waals surface area contributed by atoms with Crippen LogP contribution in [0.1, 0.15) is 17.0 Å². The molecular formula is C32H38N4O3. The Morgan fingerprint density at radius 1 is 0.897 bits per heavy atom. The van der Waals surface area contributed by atoms with Gasteiger partial charge in [0, 0.05) is 54.2 Å². The Labute approximate surface area is 230 Å². The van der Waals surface area contributed by atoms with Gasteiger partial charge in [0.25, 0.3) is 0 Å². The lowest BCUT2D eigenvalue weighted by molar-refractivity contribution is 0.0768. The number of para-hydroxylation sites is 2. The standard InChI is InChI=1S/C32H38N4O3/c1-24-20-25(2)36(33-24)17-19-39-28-14-12-26(13-15-28)21-34(16-18-38-3)22-27(37)23-35-31-10-6-4-8-29(31)30-9-5-7-11-32(30)35/h4-15,20,27,37H,16-19,21-23H2,1-3H3. The van der Waals surface area contributed by atoms with Crippen molar-refractivity contribution in [2.24, 2.45) is 0 Å². The summed E-state index contributed by atoms with van der Waals surface area (Å²) < 4.78 is 15.5. The molecule has 2 heterocycles. The first-order valence-corrected chi connectivity index (χ1v) is 13.6. The van der Waals surface area contributed by atoms with Crippen LogP contribution >= 0.6 is 0 Å². The topological polar surface area (TPSA) is 64.7 Å². The second kappa shape index (κ2) is 12.5. The van der Waals surface area contributed by atoms with Crippen LogP contribution in [0.15, 0.2) is 78.9 Å². The van der Waals surface area contributed by atoms with Crippen LogP contribution in [0.4, 0.5) is 0 Å². The van der Waals surface area contributed by atoms with Gasteiger partial charge in [-0.2, -0.15) is 5.10 Å². The van der Waals surface area contributed by atoms with Gasteiger partial charge in [-0.1, -0.05) is 48.5 Å². The Hall–Kier alpha value is -3.65. The molecule has 0 aliphatic heterocycles.